The minimum Gasteiger partial charge on any atom is -0.490 e. The first-order chi connectivity index (χ1) is 14.2. The van der Waals surface area contributed by atoms with Crippen molar-refractivity contribution in [3.63, 3.8) is 0 Å². The summed E-state index contributed by atoms with van der Waals surface area (Å²) in [6.07, 6.45) is 6.40. The van der Waals surface area contributed by atoms with Crippen molar-refractivity contribution in [1.82, 2.24) is 19.9 Å². The van der Waals surface area contributed by atoms with E-state index in [4.69, 9.17) is 9.47 Å². The highest BCUT2D eigenvalue weighted by molar-refractivity contribution is 5.93. The molecule has 8 nitrogen and oxygen atoms in total. The zero-order valence-corrected chi connectivity index (χ0v) is 16.6. The quantitative estimate of drug-likeness (QED) is 0.525. The third-order valence-corrected chi connectivity index (χ3v) is 4.58. The Kier molecular flexibility index (Phi) is 5.60. The van der Waals surface area contributed by atoms with Crippen LogP contribution in [0.3, 0.4) is 0 Å². The van der Waals surface area contributed by atoms with E-state index < -0.39 is 0 Å². The van der Waals surface area contributed by atoms with Crippen LogP contribution >= 0.6 is 0 Å². The van der Waals surface area contributed by atoms with Crippen LogP contribution in [-0.4, -0.2) is 40.8 Å². The highest BCUT2D eigenvalue weighted by Crippen LogP contribution is 2.32. The molecule has 1 aliphatic rings. The monoisotopic (exact) mass is 392 g/mol. The maximum absolute atomic E-state index is 5.74. The van der Waals surface area contributed by atoms with Crippen LogP contribution < -0.4 is 20.1 Å². The lowest BCUT2D eigenvalue weighted by Gasteiger charge is -2.14. The van der Waals surface area contributed by atoms with E-state index in [2.05, 4.69) is 25.6 Å². The number of fused-ring (bicyclic) bond motifs is 1. The maximum Gasteiger partial charge on any atom is 0.195 e. The van der Waals surface area contributed by atoms with Gasteiger partial charge in [-0.1, -0.05) is 6.07 Å². The molecule has 0 bridgehead atoms. The van der Waals surface area contributed by atoms with E-state index in [9.17, 15) is 0 Å². The van der Waals surface area contributed by atoms with Crippen LogP contribution in [0.25, 0.3) is 5.82 Å². The zero-order valence-electron chi connectivity index (χ0n) is 16.6. The molecule has 0 spiro atoms. The molecule has 0 unspecified atom stereocenters. The van der Waals surface area contributed by atoms with E-state index in [-0.39, 0.29) is 0 Å². The van der Waals surface area contributed by atoms with Gasteiger partial charge in [-0.15, -0.1) is 0 Å². The number of rotatable bonds is 4. The summed E-state index contributed by atoms with van der Waals surface area (Å²) in [6, 6.07) is 9.81. The first-order valence-corrected chi connectivity index (χ1v) is 9.55. The van der Waals surface area contributed by atoms with Gasteiger partial charge in [0.1, 0.15) is 11.6 Å². The third kappa shape index (κ3) is 4.48. The zero-order chi connectivity index (χ0) is 20.1. The molecule has 0 saturated carbocycles. The molecule has 2 aromatic heterocycles. The second-order valence-electron chi connectivity index (χ2n) is 6.63. The second kappa shape index (κ2) is 8.64. The Morgan fingerprint density at radius 2 is 2.00 bits per heavy atom. The van der Waals surface area contributed by atoms with E-state index >= 15 is 0 Å². The minimum absolute atomic E-state index is 0.598. The largest absolute Gasteiger partial charge is 0.490 e. The van der Waals surface area contributed by atoms with Gasteiger partial charge in [-0.2, -0.15) is 0 Å². The van der Waals surface area contributed by atoms with Crippen molar-refractivity contribution in [2.75, 3.05) is 25.6 Å². The SMILES string of the molecule is CN=C(NCc1ccc(-n2ccnc2C)nc1)Nc1ccc2c(c1)OCCCO2. The number of hydrogen-bond acceptors (Lipinski definition) is 5. The molecule has 150 valence electrons. The van der Waals surface area contributed by atoms with Gasteiger partial charge in [0.05, 0.1) is 13.2 Å². The van der Waals surface area contributed by atoms with Crippen molar-refractivity contribution in [3.8, 4) is 17.3 Å². The third-order valence-electron chi connectivity index (χ3n) is 4.58. The number of aromatic nitrogens is 3. The molecule has 0 aliphatic carbocycles. The van der Waals surface area contributed by atoms with Crippen LogP contribution in [0, 0.1) is 6.92 Å². The molecule has 29 heavy (non-hydrogen) atoms. The summed E-state index contributed by atoms with van der Waals surface area (Å²) in [7, 11) is 1.74. The highest BCUT2D eigenvalue weighted by atomic mass is 16.5. The van der Waals surface area contributed by atoms with Gasteiger partial charge in [-0.05, 0) is 30.7 Å². The molecule has 4 rings (SSSR count). The highest BCUT2D eigenvalue weighted by Gasteiger charge is 2.11. The van der Waals surface area contributed by atoms with E-state index in [1.165, 1.54) is 0 Å². The Hall–Kier alpha value is -3.55. The Morgan fingerprint density at radius 3 is 2.72 bits per heavy atom. The van der Waals surface area contributed by atoms with Crippen LogP contribution in [0.5, 0.6) is 11.5 Å². The van der Waals surface area contributed by atoms with Crippen molar-refractivity contribution in [1.29, 1.82) is 0 Å². The standard InChI is InChI=1S/C21H24N6O2/c1-15-23-8-9-27(15)20-7-4-16(13-24-20)14-25-21(22-2)26-17-5-6-18-19(12-17)29-11-3-10-28-18/h4-9,12-13H,3,10-11,14H2,1-2H3,(H2,22,25,26). The van der Waals surface area contributed by atoms with Gasteiger partial charge in [0.15, 0.2) is 17.5 Å². The van der Waals surface area contributed by atoms with Crippen molar-refractivity contribution < 1.29 is 9.47 Å². The number of ether oxygens (including phenoxy) is 2. The van der Waals surface area contributed by atoms with Gasteiger partial charge in [0.25, 0.3) is 0 Å². The number of hydrogen-bond donors (Lipinski definition) is 2. The molecule has 0 saturated heterocycles. The van der Waals surface area contributed by atoms with Gasteiger partial charge in [0.2, 0.25) is 0 Å². The lowest BCUT2D eigenvalue weighted by atomic mass is 10.2. The molecule has 0 amide bonds. The van der Waals surface area contributed by atoms with Gasteiger partial charge < -0.3 is 20.1 Å². The number of benzene rings is 1. The fourth-order valence-corrected chi connectivity index (χ4v) is 3.03. The van der Waals surface area contributed by atoms with Crippen molar-refractivity contribution in [2.45, 2.75) is 19.9 Å². The topological polar surface area (TPSA) is 85.6 Å². The smallest absolute Gasteiger partial charge is 0.195 e. The maximum atomic E-state index is 5.74. The van der Waals surface area contributed by atoms with E-state index in [1.54, 1.807) is 13.2 Å². The van der Waals surface area contributed by atoms with Crippen LogP contribution in [0.2, 0.25) is 0 Å². The lowest BCUT2D eigenvalue weighted by Crippen LogP contribution is -2.30. The lowest BCUT2D eigenvalue weighted by molar-refractivity contribution is 0.297. The minimum atomic E-state index is 0.598. The first-order valence-electron chi connectivity index (χ1n) is 9.55. The molecule has 3 aromatic rings. The number of aryl methyl sites for hydroxylation is 1. The Balaban J connectivity index is 1.37. The van der Waals surface area contributed by atoms with Gasteiger partial charge in [-0.25, -0.2) is 9.97 Å². The summed E-state index contributed by atoms with van der Waals surface area (Å²) in [6.45, 7) is 3.88. The molecule has 0 fully saturated rings. The molecule has 8 heteroatoms. The van der Waals surface area contributed by atoms with E-state index in [1.807, 2.05) is 54.2 Å². The van der Waals surface area contributed by atoms with Gasteiger partial charge in [-0.3, -0.25) is 9.56 Å². The molecule has 0 radical (unpaired) electrons. The summed E-state index contributed by atoms with van der Waals surface area (Å²) in [4.78, 5) is 13.0. The molecular weight excluding hydrogens is 368 g/mol. The van der Waals surface area contributed by atoms with Crippen molar-refractivity contribution in [3.05, 3.63) is 60.3 Å². The first kappa shape index (κ1) is 18.8. The summed E-state index contributed by atoms with van der Waals surface area (Å²) in [5.74, 6) is 3.93. The number of imidazole rings is 1. The predicted octanol–water partition coefficient (Wildman–Crippen LogP) is 2.92. The van der Waals surface area contributed by atoms with E-state index in [0.29, 0.717) is 25.7 Å². The molecule has 0 atom stereocenters. The normalized spacial score (nSPS) is 13.7. The van der Waals surface area contributed by atoms with Crippen LogP contribution in [-0.2, 0) is 6.54 Å². The average Bonchev–Trinajstić information content (AvgIpc) is 3.04. The summed E-state index contributed by atoms with van der Waals surface area (Å²) >= 11 is 0. The molecular formula is C21H24N6O2. The molecule has 2 N–H and O–H groups in total. The number of aliphatic imine (C=N–C) groups is 1. The fraction of sp³-hybridized carbons (Fsp3) is 0.286. The number of nitrogens with one attached hydrogen (secondary N) is 2. The number of nitrogens with zero attached hydrogens (tertiary/aromatic N) is 4. The Labute approximate surface area is 169 Å². The number of anilines is 1. The second-order valence-corrected chi connectivity index (χ2v) is 6.63. The predicted molar refractivity (Wildman–Crippen MR) is 112 cm³/mol. The Morgan fingerprint density at radius 1 is 1.14 bits per heavy atom. The number of pyridine rings is 1. The summed E-state index contributed by atoms with van der Waals surface area (Å²) in [5.41, 5.74) is 1.93. The van der Waals surface area contributed by atoms with Crippen LogP contribution in [0.15, 0.2) is 53.9 Å². The molecule has 1 aromatic carbocycles. The number of guanidine groups is 1. The van der Waals surface area contributed by atoms with Gasteiger partial charge in [0, 0.05) is 50.4 Å². The van der Waals surface area contributed by atoms with Crippen molar-refractivity contribution >= 4 is 11.6 Å². The molecule has 1 aliphatic heterocycles. The summed E-state index contributed by atoms with van der Waals surface area (Å²) in [5, 5.41) is 6.58. The summed E-state index contributed by atoms with van der Waals surface area (Å²) < 4.78 is 13.4. The van der Waals surface area contributed by atoms with Crippen molar-refractivity contribution in [2.24, 2.45) is 4.99 Å². The Bertz CT molecular complexity index is 997. The average molecular weight is 392 g/mol. The fourth-order valence-electron chi connectivity index (χ4n) is 3.03. The van der Waals surface area contributed by atoms with Crippen LogP contribution in [0.1, 0.15) is 17.8 Å². The molecule has 3 heterocycles. The van der Waals surface area contributed by atoms with E-state index in [0.717, 1.165) is 40.8 Å². The van der Waals surface area contributed by atoms with Gasteiger partial charge >= 0.3 is 0 Å². The van der Waals surface area contributed by atoms with Crippen LogP contribution in [0.4, 0.5) is 5.69 Å².